The number of aryl methyl sites for hydroxylation is 1. The molecule has 13 heavy (non-hydrogen) atoms. The monoisotopic (exact) mass is 179 g/mol. The molecule has 0 bridgehead atoms. The molecule has 1 aliphatic carbocycles. The molecule has 1 atom stereocenters. The van der Waals surface area contributed by atoms with Crippen molar-refractivity contribution in [3.8, 4) is 0 Å². The first-order valence-corrected chi connectivity index (χ1v) is 4.78. The van der Waals surface area contributed by atoms with Gasteiger partial charge in [-0.15, -0.1) is 0 Å². The fraction of sp³-hybridized carbons (Fsp3) is 0.700. The van der Waals surface area contributed by atoms with Crippen LogP contribution in [0.2, 0.25) is 0 Å². The van der Waals surface area contributed by atoms with Crippen LogP contribution in [0.15, 0.2) is 6.20 Å². The van der Waals surface area contributed by atoms with Gasteiger partial charge in [0.05, 0.1) is 0 Å². The van der Waals surface area contributed by atoms with Gasteiger partial charge in [0.2, 0.25) is 0 Å². The van der Waals surface area contributed by atoms with E-state index in [1.54, 1.807) is 0 Å². The quantitative estimate of drug-likeness (QED) is 0.752. The van der Waals surface area contributed by atoms with E-state index in [9.17, 15) is 0 Å². The van der Waals surface area contributed by atoms with Gasteiger partial charge in [0.1, 0.15) is 5.82 Å². The van der Waals surface area contributed by atoms with Gasteiger partial charge in [0.15, 0.2) is 0 Å². The van der Waals surface area contributed by atoms with Gasteiger partial charge in [-0.2, -0.15) is 5.10 Å². The van der Waals surface area contributed by atoms with Crippen molar-refractivity contribution in [2.45, 2.75) is 33.7 Å². The smallest absolute Gasteiger partial charge is 0.148 e. The number of nitrogens with zero attached hydrogens (tertiary/aromatic N) is 2. The molecule has 0 aromatic carbocycles. The van der Waals surface area contributed by atoms with E-state index < -0.39 is 0 Å². The van der Waals surface area contributed by atoms with Crippen molar-refractivity contribution in [2.75, 3.05) is 5.73 Å². The Morgan fingerprint density at radius 1 is 1.69 bits per heavy atom. The second-order valence-corrected chi connectivity index (χ2v) is 4.81. The normalized spacial score (nSPS) is 24.7. The Morgan fingerprint density at radius 2 is 2.31 bits per heavy atom. The van der Waals surface area contributed by atoms with Crippen molar-refractivity contribution >= 4 is 5.82 Å². The van der Waals surface area contributed by atoms with E-state index in [2.05, 4.69) is 18.9 Å². The average Bonchev–Trinajstić information content (AvgIpc) is 2.44. The van der Waals surface area contributed by atoms with Crippen LogP contribution in [0.4, 0.5) is 5.82 Å². The van der Waals surface area contributed by atoms with Crippen molar-refractivity contribution in [1.82, 2.24) is 9.78 Å². The van der Waals surface area contributed by atoms with Gasteiger partial charge in [0.25, 0.3) is 0 Å². The number of rotatable bonds is 2. The SMILES string of the molecule is Cc1cn(CC2CC2(C)C)nc1N. The highest BCUT2D eigenvalue weighted by Crippen LogP contribution is 2.52. The summed E-state index contributed by atoms with van der Waals surface area (Å²) >= 11 is 0. The minimum absolute atomic E-state index is 0.522. The first-order chi connectivity index (χ1) is 5.99. The Kier molecular flexibility index (Phi) is 1.65. The number of aromatic nitrogens is 2. The van der Waals surface area contributed by atoms with E-state index in [4.69, 9.17) is 5.73 Å². The molecule has 3 heteroatoms. The molecule has 0 radical (unpaired) electrons. The molecule has 1 heterocycles. The molecular formula is C10H17N3. The molecule has 2 N–H and O–H groups in total. The zero-order valence-corrected chi connectivity index (χ0v) is 8.54. The fourth-order valence-electron chi connectivity index (χ4n) is 1.74. The summed E-state index contributed by atoms with van der Waals surface area (Å²) in [6.45, 7) is 7.62. The van der Waals surface area contributed by atoms with E-state index >= 15 is 0 Å². The van der Waals surface area contributed by atoms with Crippen LogP contribution in [0.5, 0.6) is 0 Å². The lowest BCUT2D eigenvalue weighted by Gasteiger charge is -2.02. The first kappa shape index (κ1) is 8.60. The van der Waals surface area contributed by atoms with Crippen LogP contribution in [0.3, 0.4) is 0 Å². The van der Waals surface area contributed by atoms with Gasteiger partial charge in [-0.25, -0.2) is 0 Å². The highest BCUT2D eigenvalue weighted by molar-refractivity contribution is 5.35. The second kappa shape index (κ2) is 2.50. The van der Waals surface area contributed by atoms with Gasteiger partial charge in [-0.05, 0) is 24.7 Å². The highest BCUT2D eigenvalue weighted by atomic mass is 15.3. The third-order valence-electron chi connectivity index (χ3n) is 3.11. The van der Waals surface area contributed by atoms with Crippen molar-refractivity contribution in [1.29, 1.82) is 0 Å². The summed E-state index contributed by atoms with van der Waals surface area (Å²) in [5.41, 5.74) is 7.28. The molecule has 0 saturated heterocycles. The summed E-state index contributed by atoms with van der Waals surface area (Å²) in [5, 5.41) is 4.25. The minimum Gasteiger partial charge on any atom is -0.382 e. The minimum atomic E-state index is 0.522. The number of nitrogens with two attached hydrogens (primary N) is 1. The van der Waals surface area contributed by atoms with Gasteiger partial charge in [0, 0.05) is 18.3 Å². The maximum absolute atomic E-state index is 5.67. The number of hydrogen-bond acceptors (Lipinski definition) is 2. The Labute approximate surface area is 78.9 Å². The molecule has 0 spiro atoms. The molecule has 1 fully saturated rings. The van der Waals surface area contributed by atoms with Gasteiger partial charge >= 0.3 is 0 Å². The fourth-order valence-corrected chi connectivity index (χ4v) is 1.74. The van der Waals surface area contributed by atoms with E-state index in [-0.39, 0.29) is 0 Å². The van der Waals surface area contributed by atoms with E-state index in [0.29, 0.717) is 11.2 Å². The van der Waals surface area contributed by atoms with Gasteiger partial charge in [-0.3, -0.25) is 4.68 Å². The van der Waals surface area contributed by atoms with Crippen LogP contribution in [-0.4, -0.2) is 9.78 Å². The summed E-state index contributed by atoms with van der Waals surface area (Å²) in [5.74, 6) is 1.45. The molecule has 1 aromatic rings. The predicted octanol–water partition coefficient (Wildman–Crippen LogP) is 1.82. The molecule has 0 amide bonds. The third kappa shape index (κ3) is 1.55. The molecule has 0 aliphatic heterocycles. The number of nitrogen functional groups attached to an aromatic ring is 1. The predicted molar refractivity (Wildman–Crippen MR) is 53.3 cm³/mol. The van der Waals surface area contributed by atoms with Crippen molar-refractivity contribution in [2.24, 2.45) is 11.3 Å². The van der Waals surface area contributed by atoms with Crippen molar-refractivity contribution in [3.63, 3.8) is 0 Å². The molecule has 1 saturated carbocycles. The molecule has 1 aliphatic rings. The molecular weight excluding hydrogens is 162 g/mol. The Morgan fingerprint density at radius 3 is 2.69 bits per heavy atom. The number of anilines is 1. The zero-order valence-electron chi connectivity index (χ0n) is 8.54. The maximum atomic E-state index is 5.67. The number of hydrogen-bond donors (Lipinski definition) is 1. The average molecular weight is 179 g/mol. The van der Waals surface area contributed by atoms with Crippen LogP contribution in [0, 0.1) is 18.3 Å². The largest absolute Gasteiger partial charge is 0.382 e. The van der Waals surface area contributed by atoms with Crippen molar-refractivity contribution in [3.05, 3.63) is 11.8 Å². The lowest BCUT2D eigenvalue weighted by Crippen LogP contribution is -2.04. The van der Waals surface area contributed by atoms with E-state index in [0.717, 1.165) is 18.0 Å². The maximum Gasteiger partial charge on any atom is 0.148 e. The Balaban J connectivity index is 2.03. The second-order valence-electron chi connectivity index (χ2n) is 4.81. The molecule has 1 unspecified atom stereocenters. The standard InChI is InChI=1S/C10H17N3/c1-7-5-13(12-9(7)11)6-8-4-10(8,2)3/h5,8H,4,6H2,1-3H3,(H2,11,12). The third-order valence-corrected chi connectivity index (χ3v) is 3.11. The van der Waals surface area contributed by atoms with Crippen LogP contribution in [0.1, 0.15) is 25.8 Å². The van der Waals surface area contributed by atoms with Gasteiger partial charge < -0.3 is 5.73 Å². The summed E-state index contributed by atoms with van der Waals surface area (Å²) in [4.78, 5) is 0. The Bertz CT molecular complexity index is 305. The topological polar surface area (TPSA) is 43.8 Å². The molecule has 2 rings (SSSR count). The van der Waals surface area contributed by atoms with E-state index in [1.807, 2.05) is 17.8 Å². The lowest BCUT2D eigenvalue weighted by atomic mass is 10.1. The summed E-state index contributed by atoms with van der Waals surface area (Å²) in [7, 11) is 0. The molecule has 3 nitrogen and oxygen atoms in total. The summed E-state index contributed by atoms with van der Waals surface area (Å²) < 4.78 is 1.98. The summed E-state index contributed by atoms with van der Waals surface area (Å²) in [6.07, 6.45) is 3.34. The van der Waals surface area contributed by atoms with E-state index in [1.165, 1.54) is 6.42 Å². The highest BCUT2D eigenvalue weighted by Gasteiger charge is 2.45. The molecule has 1 aromatic heterocycles. The van der Waals surface area contributed by atoms with Crippen LogP contribution in [0.25, 0.3) is 0 Å². The van der Waals surface area contributed by atoms with Crippen LogP contribution < -0.4 is 5.73 Å². The van der Waals surface area contributed by atoms with Crippen molar-refractivity contribution < 1.29 is 0 Å². The lowest BCUT2D eigenvalue weighted by molar-refractivity contribution is 0.473. The first-order valence-electron chi connectivity index (χ1n) is 4.78. The Hall–Kier alpha value is -0.990. The molecule has 72 valence electrons. The van der Waals surface area contributed by atoms with Gasteiger partial charge in [-0.1, -0.05) is 13.8 Å². The summed E-state index contributed by atoms with van der Waals surface area (Å²) in [6, 6.07) is 0. The van der Waals surface area contributed by atoms with Crippen LogP contribution >= 0.6 is 0 Å². The zero-order chi connectivity index (χ0) is 9.64. The van der Waals surface area contributed by atoms with Crippen LogP contribution in [-0.2, 0) is 6.54 Å².